The number of halogens is 1. The number of anilines is 1. The van der Waals surface area contributed by atoms with E-state index >= 15 is 0 Å². The third kappa shape index (κ3) is 7.03. The highest BCUT2D eigenvalue weighted by molar-refractivity contribution is 9.10. The van der Waals surface area contributed by atoms with Crippen molar-refractivity contribution in [3.05, 3.63) is 52.0 Å². The minimum Gasteiger partial charge on any atom is -0.494 e. The van der Waals surface area contributed by atoms with Gasteiger partial charge >= 0.3 is 5.97 Å². The van der Waals surface area contributed by atoms with E-state index in [-0.39, 0.29) is 18.8 Å². The Balaban J connectivity index is 2.20. The molecule has 0 aromatic heterocycles. The maximum absolute atomic E-state index is 12.6. The predicted molar refractivity (Wildman–Crippen MR) is 123 cm³/mol. The van der Waals surface area contributed by atoms with Gasteiger partial charge in [-0.05, 0) is 61.9 Å². The molecular weight excluding hydrogens is 480 g/mol. The number of nitrogens with one attached hydrogen (secondary N) is 1. The molecule has 2 rings (SSSR count). The molecule has 1 amide bonds. The molecule has 0 radical (unpaired) electrons. The maximum Gasteiger partial charge on any atom is 0.344 e. The summed E-state index contributed by atoms with van der Waals surface area (Å²) in [5.74, 6) is 0.246. The molecule has 0 saturated carbocycles. The topological polar surface area (TPSA) is 107 Å². The van der Waals surface area contributed by atoms with Crippen molar-refractivity contribution in [3.8, 4) is 23.3 Å². The fourth-order valence-corrected chi connectivity index (χ4v) is 3.01. The van der Waals surface area contributed by atoms with Gasteiger partial charge in [-0.3, -0.25) is 4.79 Å². The molecule has 9 heteroatoms. The maximum atomic E-state index is 12.6. The summed E-state index contributed by atoms with van der Waals surface area (Å²) in [5, 5.41) is 12.2. The second kappa shape index (κ2) is 12.4. The first kappa shape index (κ1) is 24.8. The third-order valence-corrected chi connectivity index (χ3v) is 4.71. The van der Waals surface area contributed by atoms with E-state index in [1.54, 1.807) is 43.3 Å². The summed E-state index contributed by atoms with van der Waals surface area (Å²) in [4.78, 5) is 24.1. The van der Waals surface area contributed by atoms with Crippen LogP contribution < -0.4 is 19.5 Å². The summed E-state index contributed by atoms with van der Waals surface area (Å²) in [6.07, 6.45) is 1.42. The molecule has 0 unspecified atom stereocenters. The molecule has 0 saturated heterocycles. The van der Waals surface area contributed by atoms with Gasteiger partial charge in [0.15, 0.2) is 18.1 Å². The van der Waals surface area contributed by atoms with E-state index in [9.17, 15) is 14.9 Å². The molecule has 0 aliphatic rings. The highest BCUT2D eigenvalue weighted by Gasteiger charge is 2.15. The molecule has 0 aliphatic heterocycles. The largest absolute Gasteiger partial charge is 0.494 e. The second-order valence-electron chi connectivity index (χ2n) is 6.20. The molecule has 1 N–H and O–H groups in total. The van der Waals surface area contributed by atoms with E-state index < -0.39 is 11.9 Å². The van der Waals surface area contributed by atoms with Crippen molar-refractivity contribution < 1.29 is 28.5 Å². The summed E-state index contributed by atoms with van der Waals surface area (Å²) in [7, 11) is 1.44. The van der Waals surface area contributed by atoms with Gasteiger partial charge in [-0.1, -0.05) is 15.9 Å². The van der Waals surface area contributed by atoms with Crippen molar-refractivity contribution in [3.63, 3.8) is 0 Å². The zero-order chi connectivity index (χ0) is 23.5. The number of carbonyl (C=O) groups excluding carboxylic acids is 2. The Kier molecular flexibility index (Phi) is 9.57. The normalized spacial score (nSPS) is 10.7. The standard InChI is InChI=1S/C23H23BrN2O6/c1-4-30-18-8-6-17(7-9-18)26-23(28)16(13-25)10-15-11-20(29-3)21(12-19(15)24)32-14-22(27)31-5-2/h6-12H,4-5,14H2,1-3H3,(H,26,28)/b16-10-. The Morgan fingerprint density at radius 2 is 1.81 bits per heavy atom. The highest BCUT2D eigenvalue weighted by atomic mass is 79.9. The Hall–Kier alpha value is -3.51. The van der Waals surface area contributed by atoms with Crippen molar-refractivity contribution in [1.82, 2.24) is 0 Å². The van der Waals surface area contributed by atoms with Crippen LogP contribution in [0.15, 0.2) is 46.4 Å². The highest BCUT2D eigenvalue weighted by Crippen LogP contribution is 2.34. The van der Waals surface area contributed by atoms with Crippen molar-refractivity contribution >= 4 is 39.6 Å². The molecule has 32 heavy (non-hydrogen) atoms. The lowest BCUT2D eigenvalue weighted by Crippen LogP contribution is -2.15. The van der Waals surface area contributed by atoms with Crippen LogP contribution in [-0.4, -0.2) is 38.8 Å². The Morgan fingerprint density at radius 3 is 2.41 bits per heavy atom. The van der Waals surface area contributed by atoms with E-state index in [2.05, 4.69) is 21.2 Å². The van der Waals surface area contributed by atoms with E-state index in [1.807, 2.05) is 13.0 Å². The van der Waals surface area contributed by atoms with Gasteiger partial charge in [0, 0.05) is 10.2 Å². The molecule has 0 fully saturated rings. The van der Waals surface area contributed by atoms with Gasteiger partial charge in [0.25, 0.3) is 5.91 Å². The van der Waals surface area contributed by atoms with Crippen molar-refractivity contribution in [2.75, 3.05) is 32.2 Å². The molecule has 0 heterocycles. The van der Waals surface area contributed by atoms with Crippen LogP contribution in [0.4, 0.5) is 5.69 Å². The van der Waals surface area contributed by atoms with Crippen LogP contribution in [0.1, 0.15) is 19.4 Å². The van der Waals surface area contributed by atoms with E-state index in [0.717, 1.165) is 0 Å². The molecule has 8 nitrogen and oxygen atoms in total. The average molecular weight is 503 g/mol. The number of esters is 1. The first-order valence-electron chi connectivity index (χ1n) is 9.73. The van der Waals surface area contributed by atoms with Crippen LogP contribution in [0.5, 0.6) is 17.2 Å². The fourth-order valence-electron chi connectivity index (χ4n) is 2.58. The van der Waals surface area contributed by atoms with Gasteiger partial charge in [0.2, 0.25) is 0 Å². The van der Waals surface area contributed by atoms with Gasteiger partial charge < -0.3 is 24.3 Å². The van der Waals surface area contributed by atoms with Gasteiger partial charge in [0.05, 0.1) is 20.3 Å². The smallest absolute Gasteiger partial charge is 0.344 e. The number of amides is 1. The van der Waals surface area contributed by atoms with Crippen molar-refractivity contribution in [2.24, 2.45) is 0 Å². The van der Waals surface area contributed by atoms with Crippen molar-refractivity contribution in [1.29, 1.82) is 5.26 Å². The number of ether oxygens (including phenoxy) is 4. The first-order chi connectivity index (χ1) is 15.4. The number of nitriles is 1. The number of rotatable bonds is 10. The van der Waals surface area contributed by atoms with E-state index in [0.29, 0.717) is 39.6 Å². The lowest BCUT2D eigenvalue weighted by molar-refractivity contribution is -0.145. The zero-order valence-corrected chi connectivity index (χ0v) is 19.5. The molecule has 0 aliphatic carbocycles. The average Bonchev–Trinajstić information content (AvgIpc) is 2.78. The predicted octanol–water partition coefficient (Wildman–Crippen LogP) is 4.34. The Bertz CT molecular complexity index is 1030. The quantitative estimate of drug-likeness (QED) is 0.292. The summed E-state index contributed by atoms with van der Waals surface area (Å²) < 4.78 is 21.5. The van der Waals surface area contributed by atoms with Crippen LogP contribution in [0.25, 0.3) is 6.08 Å². The molecule has 0 spiro atoms. The number of hydrogen-bond donors (Lipinski definition) is 1. The van der Waals surface area contributed by atoms with E-state index in [1.165, 1.54) is 13.2 Å². The first-order valence-corrected chi connectivity index (χ1v) is 10.5. The minimum atomic E-state index is -0.565. The van der Waals surface area contributed by atoms with Gasteiger partial charge in [0.1, 0.15) is 17.4 Å². The summed E-state index contributed by atoms with van der Waals surface area (Å²) in [5.41, 5.74) is 0.935. The van der Waals surface area contributed by atoms with Crippen LogP contribution in [0, 0.1) is 11.3 Å². The van der Waals surface area contributed by atoms with E-state index in [4.69, 9.17) is 18.9 Å². The minimum absolute atomic E-state index is 0.109. The van der Waals surface area contributed by atoms with Crippen LogP contribution in [0.2, 0.25) is 0 Å². The lowest BCUT2D eigenvalue weighted by atomic mass is 10.1. The second-order valence-corrected chi connectivity index (χ2v) is 7.05. The number of methoxy groups -OCH3 is 1. The third-order valence-electron chi connectivity index (χ3n) is 4.02. The molecule has 0 atom stereocenters. The molecule has 2 aromatic carbocycles. The summed E-state index contributed by atoms with van der Waals surface area (Å²) in [6, 6.07) is 11.9. The summed E-state index contributed by atoms with van der Waals surface area (Å²) in [6.45, 7) is 4.10. The van der Waals surface area contributed by atoms with Gasteiger partial charge in [-0.2, -0.15) is 5.26 Å². The SMILES string of the molecule is CCOC(=O)COc1cc(Br)c(/C=C(/C#N)C(=O)Nc2ccc(OCC)cc2)cc1OC. The zero-order valence-electron chi connectivity index (χ0n) is 17.9. The number of nitrogens with zero attached hydrogens (tertiary/aromatic N) is 1. The Labute approximate surface area is 194 Å². The monoisotopic (exact) mass is 502 g/mol. The molecule has 168 valence electrons. The van der Waals surface area contributed by atoms with Crippen LogP contribution >= 0.6 is 15.9 Å². The van der Waals surface area contributed by atoms with Crippen LogP contribution in [0.3, 0.4) is 0 Å². The number of benzene rings is 2. The summed E-state index contributed by atoms with van der Waals surface area (Å²) >= 11 is 3.39. The van der Waals surface area contributed by atoms with Crippen molar-refractivity contribution in [2.45, 2.75) is 13.8 Å². The lowest BCUT2D eigenvalue weighted by Gasteiger charge is -2.12. The molecule has 2 aromatic rings. The molecule has 0 bridgehead atoms. The number of carbonyl (C=O) groups is 2. The Morgan fingerprint density at radius 1 is 1.09 bits per heavy atom. The molecular formula is C23H23BrN2O6. The van der Waals surface area contributed by atoms with Gasteiger partial charge in [-0.15, -0.1) is 0 Å². The fraction of sp³-hybridized carbons (Fsp3) is 0.261. The number of hydrogen-bond acceptors (Lipinski definition) is 7. The van der Waals surface area contributed by atoms with Crippen LogP contribution in [-0.2, 0) is 14.3 Å². The van der Waals surface area contributed by atoms with Gasteiger partial charge in [-0.25, -0.2) is 4.79 Å².